The molecule has 1 N–H and O–H groups in total. The van der Waals surface area contributed by atoms with Crippen LogP contribution in [0.5, 0.6) is 0 Å². The number of allylic oxidation sites excluding steroid dienone is 5. The number of unbranched alkanes of at least 4 members (excludes halogenated alkanes) is 25. The van der Waals surface area contributed by atoms with E-state index in [1.54, 1.807) is 6.26 Å². The molecule has 2 atom stereocenters. The van der Waals surface area contributed by atoms with E-state index in [9.17, 15) is 14.3 Å². The molecule has 0 saturated carbocycles. The topological polar surface area (TPSA) is 91.3 Å². The molecule has 324 valence electrons. The van der Waals surface area contributed by atoms with Gasteiger partial charge in [0.15, 0.2) is 6.10 Å². The van der Waals surface area contributed by atoms with Gasteiger partial charge in [0, 0.05) is 6.42 Å². The van der Waals surface area contributed by atoms with Crippen molar-refractivity contribution in [1.82, 2.24) is 0 Å². The minimum absolute atomic E-state index is 0.0433. The molecule has 0 aliphatic rings. The standard InChI is InChI=1S/C46H88NO7P/c1-6-8-10-12-14-16-18-20-22-23-24-26-28-30-32-34-36-38-41-51-43-45(44-53-55(49,50)52-42-40-47(3,4)5)54-46(48)39-37-35-33-31-29-27-25-21-19-17-15-13-11-9-7-2/h17,19,21,25,38,41,45H,6-16,18,20,22-24,26-37,39-40,42-44H2,1-5H3/p+1/b19-17+,25-21+,41-38+/t45-/m1/s1. The van der Waals surface area contributed by atoms with Crippen molar-refractivity contribution in [2.75, 3.05) is 47.5 Å². The van der Waals surface area contributed by atoms with Gasteiger partial charge in [-0.1, -0.05) is 173 Å². The summed E-state index contributed by atoms with van der Waals surface area (Å²) in [6.45, 7) is 4.91. The highest BCUT2D eigenvalue weighted by Crippen LogP contribution is 2.43. The van der Waals surface area contributed by atoms with Crippen molar-refractivity contribution < 1.29 is 37.3 Å². The van der Waals surface area contributed by atoms with Gasteiger partial charge in [0.25, 0.3) is 0 Å². The molecule has 0 amide bonds. The number of quaternary nitrogens is 1. The first-order valence-corrected chi connectivity index (χ1v) is 24.3. The first-order valence-electron chi connectivity index (χ1n) is 22.8. The molecule has 0 rings (SSSR count). The number of rotatable bonds is 42. The summed E-state index contributed by atoms with van der Waals surface area (Å²) in [5, 5.41) is 0. The molecule has 0 aromatic rings. The zero-order valence-electron chi connectivity index (χ0n) is 36.7. The minimum Gasteiger partial charge on any atom is -0.498 e. The Balaban J connectivity index is 4.27. The predicted molar refractivity (Wildman–Crippen MR) is 233 cm³/mol. The maximum absolute atomic E-state index is 12.7. The molecule has 0 aliphatic carbocycles. The summed E-state index contributed by atoms with van der Waals surface area (Å²) < 4.78 is 34.8. The van der Waals surface area contributed by atoms with E-state index in [0.717, 1.165) is 57.8 Å². The Morgan fingerprint density at radius 1 is 0.582 bits per heavy atom. The van der Waals surface area contributed by atoms with E-state index in [0.29, 0.717) is 17.4 Å². The lowest BCUT2D eigenvalue weighted by atomic mass is 10.0. The average Bonchev–Trinajstić information content (AvgIpc) is 3.13. The highest BCUT2D eigenvalue weighted by atomic mass is 31.2. The van der Waals surface area contributed by atoms with Crippen LogP contribution in [0.25, 0.3) is 0 Å². The zero-order valence-corrected chi connectivity index (χ0v) is 37.6. The lowest BCUT2D eigenvalue weighted by molar-refractivity contribution is -0.870. The second-order valence-electron chi connectivity index (χ2n) is 16.5. The molecule has 0 bridgehead atoms. The van der Waals surface area contributed by atoms with E-state index in [1.807, 2.05) is 27.2 Å². The van der Waals surface area contributed by atoms with E-state index in [-0.39, 0.29) is 25.8 Å². The van der Waals surface area contributed by atoms with Crippen LogP contribution in [0.15, 0.2) is 36.6 Å². The van der Waals surface area contributed by atoms with Gasteiger partial charge in [-0.05, 0) is 51.0 Å². The van der Waals surface area contributed by atoms with Crippen LogP contribution in [0.1, 0.15) is 200 Å². The van der Waals surface area contributed by atoms with Crippen molar-refractivity contribution in [1.29, 1.82) is 0 Å². The smallest absolute Gasteiger partial charge is 0.472 e. The van der Waals surface area contributed by atoms with E-state index < -0.39 is 13.9 Å². The molecule has 0 heterocycles. The van der Waals surface area contributed by atoms with Crippen LogP contribution >= 0.6 is 7.82 Å². The monoisotopic (exact) mass is 799 g/mol. The fraction of sp³-hybridized carbons (Fsp3) is 0.848. The van der Waals surface area contributed by atoms with Gasteiger partial charge in [0.05, 0.1) is 34.0 Å². The van der Waals surface area contributed by atoms with Crippen molar-refractivity contribution in [3.8, 4) is 0 Å². The Bertz CT molecular complexity index is 978. The van der Waals surface area contributed by atoms with Gasteiger partial charge in [0.2, 0.25) is 0 Å². The second-order valence-corrected chi connectivity index (χ2v) is 18.0. The number of hydrogen-bond acceptors (Lipinski definition) is 6. The third-order valence-corrected chi connectivity index (χ3v) is 10.8. The Labute approximate surface area is 340 Å². The Morgan fingerprint density at radius 3 is 1.47 bits per heavy atom. The number of phosphoric ester groups is 1. The Kier molecular flexibility index (Phi) is 38.4. The molecule has 55 heavy (non-hydrogen) atoms. The SMILES string of the molecule is CCCCCC/C=C/C=C/CCCCCCCC(=O)O[C@H](CO/C=C/CCCCCCCCCCCCCCCCCC)COP(=O)(O)OCC[N+](C)(C)C. The molecule has 9 heteroatoms. The normalized spacial score (nSPS) is 14.0. The molecule has 0 radical (unpaired) electrons. The summed E-state index contributed by atoms with van der Waals surface area (Å²) in [4.78, 5) is 22.9. The maximum Gasteiger partial charge on any atom is 0.472 e. The molecular formula is C46H89NO7P+. The largest absolute Gasteiger partial charge is 0.498 e. The first-order chi connectivity index (χ1) is 26.6. The van der Waals surface area contributed by atoms with Gasteiger partial charge in [-0.2, -0.15) is 0 Å². The fourth-order valence-electron chi connectivity index (χ4n) is 6.22. The third-order valence-electron chi connectivity index (χ3n) is 9.80. The number of likely N-dealkylation sites (N-methyl/N-ethyl adjacent to an activating group) is 1. The van der Waals surface area contributed by atoms with Crippen molar-refractivity contribution in [3.05, 3.63) is 36.6 Å². The molecule has 8 nitrogen and oxygen atoms in total. The zero-order chi connectivity index (χ0) is 40.6. The summed E-state index contributed by atoms with van der Waals surface area (Å²) in [6.07, 6.45) is 47.0. The van der Waals surface area contributed by atoms with Crippen molar-refractivity contribution in [2.24, 2.45) is 0 Å². The van der Waals surface area contributed by atoms with Gasteiger partial charge in [-0.3, -0.25) is 13.8 Å². The number of nitrogens with zero attached hydrogens (tertiary/aromatic N) is 1. The lowest BCUT2D eigenvalue weighted by Gasteiger charge is -2.24. The number of hydrogen-bond donors (Lipinski definition) is 1. The molecule has 0 aromatic heterocycles. The molecule has 0 saturated heterocycles. The van der Waals surface area contributed by atoms with E-state index in [4.69, 9.17) is 18.5 Å². The van der Waals surface area contributed by atoms with Crippen LogP contribution in [0, 0.1) is 0 Å². The third kappa shape index (κ3) is 43.5. The fourth-order valence-corrected chi connectivity index (χ4v) is 6.96. The van der Waals surface area contributed by atoms with Crippen LogP contribution in [-0.2, 0) is 27.9 Å². The first kappa shape index (κ1) is 53.6. The molecule has 0 fully saturated rings. The summed E-state index contributed by atoms with van der Waals surface area (Å²) in [6, 6.07) is 0. The predicted octanol–water partition coefficient (Wildman–Crippen LogP) is 13.7. The van der Waals surface area contributed by atoms with Crippen LogP contribution < -0.4 is 0 Å². The average molecular weight is 799 g/mol. The van der Waals surface area contributed by atoms with Gasteiger partial charge >= 0.3 is 13.8 Å². The number of phosphoric acid groups is 1. The summed E-state index contributed by atoms with van der Waals surface area (Å²) >= 11 is 0. The summed E-state index contributed by atoms with van der Waals surface area (Å²) in [5.41, 5.74) is 0. The van der Waals surface area contributed by atoms with Gasteiger partial charge in [-0.25, -0.2) is 4.57 Å². The van der Waals surface area contributed by atoms with Gasteiger partial charge in [0.1, 0.15) is 19.8 Å². The minimum atomic E-state index is -4.29. The van der Waals surface area contributed by atoms with Gasteiger partial charge in [-0.15, -0.1) is 0 Å². The summed E-state index contributed by atoms with van der Waals surface area (Å²) in [5.74, 6) is -0.350. The molecule has 0 aliphatic heterocycles. The van der Waals surface area contributed by atoms with Crippen LogP contribution in [0.2, 0.25) is 0 Å². The van der Waals surface area contributed by atoms with Crippen molar-refractivity contribution in [2.45, 2.75) is 206 Å². The van der Waals surface area contributed by atoms with Crippen LogP contribution in [0.4, 0.5) is 0 Å². The van der Waals surface area contributed by atoms with E-state index >= 15 is 0 Å². The lowest BCUT2D eigenvalue weighted by Crippen LogP contribution is -2.37. The number of ether oxygens (including phenoxy) is 2. The Morgan fingerprint density at radius 2 is 1.00 bits per heavy atom. The number of carbonyl (C=O) groups excluding carboxylic acids is 1. The number of carbonyl (C=O) groups is 1. The van der Waals surface area contributed by atoms with E-state index in [2.05, 4.69) is 38.2 Å². The molecular weight excluding hydrogens is 709 g/mol. The number of esters is 1. The highest BCUT2D eigenvalue weighted by molar-refractivity contribution is 7.47. The van der Waals surface area contributed by atoms with Crippen LogP contribution in [-0.4, -0.2) is 69.0 Å². The second kappa shape index (κ2) is 39.4. The summed E-state index contributed by atoms with van der Waals surface area (Å²) in [7, 11) is 1.63. The van der Waals surface area contributed by atoms with Crippen molar-refractivity contribution >= 4 is 13.8 Å². The molecule has 0 spiro atoms. The Hall–Kier alpha value is -1.44. The molecule has 0 aromatic carbocycles. The maximum atomic E-state index is 12.7. The van der Waals surface area contributed by atoms with Crippen LogP contribution in [0.3, 0.4) is 0 Å². The van der Waals surface area contributed by atoms with Crippen molar-refractivity contribution in [3.63, 3.8) is 0 Å². The van der Waals surface area contributed by atoms with E-state index in [1.165, 1.54) is 122 Å². The molecule has 1 unspecified atom stereocenters. The van der Waals surface area contributed by atoms with Gasteiger partial charge < -0.3 is 18.9 Å². The highest BCUT2D eigenvalue weighted by Gasteiger charge is 2.26. The quantitative estimate of drug-likeness (QED) is 0.0164.